The molecule has 0 radical (unpaired) electrons. The highest BCUT2D eigenvalue weighted by Crippen LogP contribution is 2.39. The van der Waals surface area contributed by atoms with Gasteiger partial charge in [-0.05, 0) is 36.1 Å². The first kappa shape index (κ1) is 10.0. The van der Waals surface area contributed by atoms with Crippen molar-refractivity contribution in [3.8, 4) is 10.4 Å². The lowest BCUT2D eigenvalue weighted by Crippen LogP contribution is -1.79. The van der Waals surface area contributed by atoms with Crippen LogP contribution in [0.1, 0.15) is 5.56 Å². The second-order valence-electron chi connectivity index (χ2n) is 3.03. The third-order valence-electron chi connectivity index (χ3n) is 2.05. The Morgan fingerprint density at radius 2 is 1.71 bits per heavy atom. The fraction of sp³-hybridized carbons (Fsp3) is 0.0909. The van der Waals surface area contributed by atoms with E-state index in [1.54, 1.807) is 11.3 Å². The lowest BCUT2D eigenvalue weighted by atomic mass is 10.1. The van der Waals surface area contributed by atoms with E-state index < -0.39 is 0 Å². The molecule has 0 bridgehead atoms. The average molecular weight is 243 g/mol. The summed E-state index contributed by atoms with van der Waals surface area (Å²) in [6.45, 7) is 2.06. The number of rotatable bonds is 1. The molecule has 0 aliphatic carbocycles. The molecule has 0 unspecified atom stereocenters. The van der Waals surface area contributed by atoms with E-state index in [1.807, 2.05) is 23.6 Å². The van der Waals surface area contributed by atoms with Crippen LogP contribution in [0.3, 0.4) is 0 Å². The van der Waals surface area contributed by atoms with Crippen molar-refractivity contribution in [1.29, 1.82) is 0 Å². The monoisotopic (exact) mass is 242 g/mol. The summed E-state index contributed by atoms with van der Waals surface area (Å²) in [4.78, 5) is 1.15. The third kappa shape index (κ3) is 1.68. The van der Waals surface area contributed by atoms with Crippen LogP contribution in [-0.2, 0) is 0 Å². The van der Waals surface area contributed by atoms with E-state index in [0.29, 0.717) is 10.0 Å². The highest BCUT2D eigenvalue weighted by Gasteiger charge is 2.11. The molecule has 0 atom stereocenters. The van der Waals surface area contributed by atoms with Crippen molar-refractivity contribution in [2.45, 2.75) is 6.92 Å². The first-order valence-electron chi connectivity index (χ1n) is 4.18. The lowest BCUT2D eigenvalue weighted by Gasteiger charge is -2.05. The Hall–Kier alpha value is -0.500. The number of thiophene rings is 1. The Labute approximate surface area is 97.1 Å². The quantitative estimate of drug-likeness (QED) is 0.658. The smallest absolute Gasteiger partial charge is 0.0507 e. The van der Waals surface area contributed by atoms with Gasteiger partial charge in [0.2, 0.25) is 0 Å². The Bertz CT molecular complexity index is 440. The highest BCUT2D eigenvalue weighted by molar-refractivity contribution is 7.13. The van der Waals surface area contributed by atoms with Crippen LogP contribution < -0.4 is 0 Å². The Kier molecular flexibility index (Phi) is 2.82. The molecule has 72 valence electrons. The molecule has 0 N–H and O–H groups in total. The van der Waals surface area contributed by atoms with Crippen LogP contribution in [0.5, 0.6) is 0 Å². The first-order chi connectivity index (χ1) is 6.70. The topological polar surface area (TPSA) is 0 Å². The maximum atomic E-state index is 6.12. The summed E-state index contributed by atoms with van der Waals surface area (Å²) in [5.41, 5.74) is 2.16. The van der Waals surface area contributed by atoms with Crippen molar-refractivity contribution < 1.29 is 0 Å². The molecule has 0 aliphatic rings. The zero-order chi connectivity index (χ0) is 10.1. The van der Waals surface area contributed by atoms with Crippen LogP contribution in [0.15, 0.2) is 29.6 Å². The Morgan fingerprint density at radius 3 is 2.21 bits per heavy atom. The molecule has 0 spiro atoms. The van der Waals surface area contributed by atoms with Gasteiger partial charge >= 0.3 is 0 Å². The summed E-state index contributed by atoms with van der Waals surface area (Å²) in [6, 6.07) is 7.65. The van der Waals surface area contributed by atoms with Gasteiger partial charge in [0.05, 0.1) is 10.0 Å². The van der Waals surface area contributed by atoms with Gasteiger partial charge in [-0.1, -0.05) is 29.3 Å². The van der Waals surface area contributed by atoms with Crippen LogP contribution >= 0.6 is 34.5 Å². The van der Waals surface area contributed by atoms with E-state index in [2.05, 4.69) is 13.0 Å². The molecule has 0 fully saturated rings. The summed E-state index contributed by atoms with van der Waals surface area (Å²) in [6.07, 6.45) is 0. The van der Waals surface area contributed by atoms with Gasteiger partial charge in [0.15, 0.2) is 0 Å². The lowest BCUT2D eigenvalue weighted by molar-refractivity contribution is 1.54. The highest BCUT2D eigenvalue weighted by atomic mass is 35.5. The first-order valence-corrected chi connectivity index (χ1v) is 5.82. The van der Waals surface area contributed by atoms with Gasteiger partial charge in [-0.25, -0.2) is 0 Å². The van der Waals surface area contributed by atoms with Crippen LogP contribution in [0, 0.1) is 6.92 Å². The van der Waals surface area contributed by atoms with Crippen molar-refractivity contribution >= 4 is 34.5 Å². The van der Waals surface area contributed by atoms with Crippen molar-refractivity contribution in [1.82, 2.24) is 0 Å². The Balaban J connectivity index is 2.68. The summed E-state index contributed by atoms with van der Waals surface area (Å²) in [5, 5.41) is 3.47. The second-order valence-corrected chi connectivity index (χ2v) is 4.76. The Morgan fingerprint density at radius 1 is 1.07 bits per heavy atom. The minimum Gasteiger partial charge on any atom is -0.143 e. The standard InChI is InChI=1S/C11H8Cl2S/c1-7-5-6-14-11(7)10-8(12)3-2-4-9(10)13/h2-6H,1H3. The molecule has 14 heavy (non-hydrogen) atoms. The molecule has 0 amide bonds. The predicted octanol–water partition coefficient (Wildman–Crippen LogP) is 5.03. The second kappa shape index (κ2) is 3.93. The van der Waals surface area contributed by atoms with E-state index in [-0.39, 0.29) is 0 Å². The van der Waals surface area contributed by atoms with Crippen LogP contribution in [0.25, 0.3) is 10.4 Å². The number of halogens is 2. The van der Waals surface area contributed by atoms with Crippen LogP contribution in [0.4, 0.5) is 0 Å². The molecule has 0 aliphatic heterocycles. The molecule has 0 saturated carbocycles. The van der Waals surface area contributed by atoms with Crippen LogP contribution in [-0.4, -0.2) is 0 Å². The van der Waals surface area contributed by atoms with E-state index >= 15 is 0 Å². The zero-order valence-corrected chi connectivity index (χ0v) is 9.88. The summed E-state index contributed by atoms with van der Waals surface area (Å²) in [5.74, 6) is 0. The van der Waals surface area contributed by atoms with E-state index in [9.17, 15) is 0 Å². The molecule has 2 rings (SSSR count). The van der Waals surface area contributed by atoms with Crippen molar-refractivity contribution in [3.63, 3.8) is 0 Å². The SMILES string of the molecule is Cc1ccsc1-c1c(Cl)cccc1Cl. The molecule has 3 heteroatoms. The van der Waals surface area contributed by atoms with Crippen molar-refractivity contribution in [2.24, 2.45) is 0 Å². The number of aryl methyl sites for hydroxylation is 1. The summed E-state index contributed by atoms with van der Waals surface area (Å²) < 4.78 is 0. The van der Waals surface area contributed by atoms with Gasteiger partial charge in [-0.3, -0.25) is 0 Å². The van der Waals surface area contributed by atoms with Crippen molar-refractivity contribution in [3.05, 3.63) is 45.3 Å². The third-order valence-corrected chi connectivity index (χ3v) is 3.72. The number of benzene rings is 1. The fourth-order valence-electron chi connectivity index (χ4n) is 1.34. The van der Waals surface area contributed by atoms with E-state index in [1.165, 1.54) is 5.56 Å². The molecule has 0 nitrogen and oxygen atoms in total. The van der Waals surface area contributed by atoms with Crippen LogP contribution in [0.2, 0.25) is 10.0 Å². The zero-order valence-electron chi connectivity index (χ0n) is 7.55. The normalized spacial score (nSPS) is 10.5. The van der Waals surface area contributed by atoms with Gasteiger partial charge in [-0.2, -0.15) is 0 Å². The van der Waals surface area contributed by atoms with E-state index in [0.717, 1.165) is 10.4 Å². The van der Waals surface area contributed by atoms with Gasteiger partial charge in [0.25, 0.3) is 0 Å². The van der Waals surface area contributed by atoms with Gasteiger partial charge in [-0.15, -0.1) is 11.3 Å². The van der Waals surface area contributed by atoms with Gasteiger partial charge < -0.3 is 0 Å². The molecule has 1 heterocycles. The maximum absolute atomic E-state index is 6.12. The average Bonchev–Trinajstić information content (AvgIpc) is 2.52. The van der Waals surface area contributed by atoms with E-state index in [4.69, 9.17) is 23.2 Å². The number of hydrogen-bond donors (Lipinski definition) is 0. The summed E-state index contributed by atoms with van der Waals surface area (Å²) >= 11 is 13.9. The molecule has 1 aromatic heterocycles. The minimum atomic E-state index is 0.711. The molecular weight excluding hydrogens is 235 g/mol. The minimum absolute atomic E-state index is 0.711. The predicted molar refractivity (Wildman–Crippen MR) is 64.5 cm³/mol. The fourth-order valence-corrected chi connectivity index (χ4v) is 3.04. The maximum Gasteiger partial charge on any atom is 0.0507 e. The van der Waals surface area contributed by atoms with Gasteiger partial charge in [0, 0.05) is 10.4 Å². The molecule has 1 aromatic carbocycles. The van der Waals surface area contributed by atoms with Crippen molar-refractivity contribution in [2.75, 3.05) is 0 Å². The van der Waals surface area contributed by atoms with Gasteiger partial charge in [0.1, 0.15) is 0 Å². The molecular formula is C11H8Cl2S. The summed E-state index contributed by atoms with van der Waals surface area (Å²) in [7, 11) is 0. The molecule has 2 aromatic rings. The molecule has 0 saturated heterocycles. The largest absolute Gasteiger partial charge is 0.143 e. The number of hydrogen-bond acceptors (Lipinski definition) is 1.